The molecule has 1 aromatic heterocycles. The van der Waals surface area contributed by atoms with Gasteiger partial charge in [0.1, 0.15) is 5.69 Å². The van der Waals surface area contributed by atoms with E-state index in [2.05, 4.69) is 41.4 Å². The van der Waals surface area contributed by atoms with Crippen molar-refractivity contribution in [1.29, 1.82) is 0 Å². The Morgan fingerprint density at radius 1 is 1.18 bits per heavy atom. The number of nitrogens with zero attached hydrogens (tertiary/aromatic N) is 2. The summed E-state index contributed by atoms with van der Waals surface area (Å²) in [6.07, 6.45) is 3.07. The Morgan fingerprint density at radius 3 is 2.41 bits per heavy atom. The molecule has 22 heavy (non-hydrogen) atoms. The molecule has 1 saturated carbocycles. The highest BCUT2D eigenvalue weighted by Crippen LogP contribution is 2.29. The van der Waals surface area contributed by atoms with Crippen molar-refractivity contribution in [3.63, 3.8) is 0 Å². The number of carbonyl (C=O) groups excluding carboxylic acids is 1. The molecule has 1 amide bonds. The van der Waals surface area contributed by atoms with Gasteiger partial charge in [-0.25, -0.2) is 5.10 Å². The van der Waals surface area contributed by atoms with Crippen LogP contribution in [-0.2, 0) is 13.0 Å². The van der Waals surface area contributed by atoms with E-state index in [4.69, 9.17) is 0 Å². The number of rotatable bonds is 5. The number of carbonyl (C=O) groups is 1. The molecule has 0 saturated heterocycles. The van der Waals surface area contributed by atoms with E-state index in [0.717, 1.165) is 24.8 Å². The lowest BCUT2D eigenvalue weighted by Gasteiger charge is -2.22. The molecule has 5 heteroatoms. The number of amides is 1. The molecule has 0 atom stereocenters. The van der Waals surface area contributed by atoms with Crippen molar-refractivity contribution in [3.8, 4) is 0 Å². The van der Waals surface area contributed by atoms with E-state index in [-0.39, 0.29) is 23.2 Å². The number of hydrogen-bond acceptors (Lipinski definition) is 3. The molecule has 2 aromatic rings. The van der Waals surface area contributed by atoms with Gasteiger partial charge in [0.25, 0.3) is 11.5 Å². The van der Waals surface area contributed by atoms with Crippen LogP contribution in [0.5, 0.6) is 0 Å². The average molecular weight is 297 g/mol. The van der Waals surface area contributed by atoms with Crippen LogP contribution in [0.3, 0.4) is 0 Å². The number of benzene rings is 1. The van der Waals surface area contributed by atoms with Crippen LogP contribution < -0.4 is 5.56 Å². The molecule has 1 aliphatic rings. The van der Waals surface area contributed by atoms with Gasteiger partial charge in [-0.3, -0.25) is 9.59 Å². The van der Waals surface area contributed by atoms with Crippen molar-refractivity contribution in [2.45, 2.75) is 38.8 Å². The van der Waals surface area contributed by atoms with E-state index in [1.807, 2.05) is 4.90 Å². The van der Waals surface area contributed by atoms with Crippen LogP contribution in [0.2, 0.25) is 0 Å². The number of aromatic nitrogens is 2. The van der Waals surface area contributed by atoms with Gasteiger partial charge >= 0.3 is 0 Å². The van der Waals surface area contributed by atoms with Gasteiger partial charge in [0.2, 0.25) is 0 Å². The third-order valence-corrected chi connectivity index (χ3v) is 3.93. The molecule has 0 radical (unpaired) electrons. The normalized spacial score (nSPS) is 13.9. The fourth-order valence-electron chi connectivity index (χ4n) is 2.44. The minimum Gasteiger partial charge on any atom is -0.330 e. The van der Waals surface area contributed by atoms with Gasteiger partial charge in [-0.2, -0.15) is 5.10 Å². The summed E-state index contributed by atoms with van der Waals surface area (Å²) >= 11 is 0. The lowest BCUT2D eigenvalue weighted by atomic mass is 10.1. The molecule has 5 nitrogen and oxygen atoms in total. The van der Waals surface area contributed by atoms with Gasteiger partial charge in [0, 0.05) is 18.7 Å². The maximum Gasteiger partial charge on any atom is 0.274 e. The highest BCUT2D eigenvalue weighted by atomic mass is 16.2. The zero-order chi connectivity index (χ0) is 15.5. The summed E-state index contributed by atoms with van der Waals surface area (Å²) in [5.41, 5.74) is 2.39. The fourth-order valence-corrected chi connectivity index (χ4v) is 2.44. The molecule has 1 aliphatic carbocycles. The van der Waals surface area contributed by atoms with Gasteiger partial charge < -0.3 is 4.90 Å². The summed E-state index contributed by atoms with van der Waals surface area (Å²) in [5, 5.41) is 6.17. The molecule has 0 unspecified atom stereocenters. The van der Waals surface area contributed by atoms with Crippen LogP contribution >= 0.6 is 0 Å². The van der Waals surface area contributed by atoms with Crippen molar-refractivity contribution in [1.82, 2.24) is 15.1 Å². The lowest BCUT2D eigenvalue weighted by Crippen LogP contribution is -2.33. The summed E-state index contributed by atoms with van der Waals surface area (Å²) in [4.78, 5) is 25.5. The average Bonchev–Trinajstić information content (AvgIpc) is 3.38. The number of H-pyrrole nitrogens is 1. The molecule has 0 bridgehead atoms. The van der Waals surface area contributed by atoms with E-state index >= 15 is 0 Å². The highest BCUT2D eigenvalue weighted by molar-refractivity contribution is 5.92. The summed E-state index contributed by atoms with van der Waals surface area (Å²) in [6, 6.07) is 11.4. The first-order valence-corrected chi connectivity index (χ1v) is 7.62. The molecule has 3 rings (SSSR count). The van der Waals surface area contributed by atoms with Crippen molar-refractivity contribution in [3.05, 3.63) is 63.6 Å². The SMILES string of the molecule is CCc1ccc(CN(C(=O)c2ccc(=O)[nH]n2)C2CC2)cc1. The smallest absolute Gasteiger partial charge is 0.274 e. The Labute approximate surface area is 129 Å². The summed E-state index contributed by atoms with van der Waals surface area (Å²) < 4.78 is 0. The first-order valence-electron chi connectivity index (χ1n) is 7.62. The fraction of sp³-hybridized carbons (Fsp3) is 0.353. The summed E-state index contributed by atoms with van der Waals surface area (Å²) in [6.45, 7) is 2.70. The van der Waals surface area contributed by atoms with Crippen molar-refractivity contribution >= 4 is 5.91 Å². The van der Waals surface area contributed by atoms with E-state index in [1.165, 1.54) is 17.7 Å². The van der Waals surface area contributed by atoms with E-state index in [1.54, 1.807) is 0 Å². The lowest BCUT2D eigenvalue weighted by molar-refractivity contribution is 0.0722. The monoisotopic (exact) mass is 297 g/mol. The third kappa shape index (κ3) is 3.24. The van der Waals surface area contributed by atoms with Crippen LogP contribution in [0, 0.1) is 0 Å². The molecule has 114 valence electrons. The molecular formula is C17H19N3O2. The zero-order valence-corrected chi connectivity index (χ0v) is 12.6. The Hall–Kier alpha value is -2.43. The second-order valence-electron chi connectivity index (χ2n) is 5.64. The van der Waals surface area contributed by atoms with Crippen molar-refractivity contribution in [2.24, 2.45) is 0 Å². The van der Waals surface area contributed by atoms with Gasteiger partial charge in [0.05, 0.1) is 0 Å². The Balaban J connectivity index is 1.78. The van der Waals surface area contributed by atoms with Gasteiger partial charge in [-0.15, -0.1) is 0 Å². The Kier molecular flexibility index (Phi) is 4.04. The maximum atomic E-state index is 12.6. The summed E-state index contributed by atoms with van der Waals surface area (Å²) in [7, 11) is 0. The molecule has 0 aliphatic heterocycles. The Bertz CT molecular complexity index is 697. The topological polar surface area (TPSA) is 66.1 Å². The van der Waals surface area contributed by atoms with E-state index < -0.39 is 0 Å². The minimum atomic E-state index is -0.301. The van der Waals surface area contributed by atoms with Crippen LogP contribution in [-0.4, -0.2) is 27.0 Å². The van der Waals surface area contributed by atoms with Crippen LogP contribution in [0.15, 0.2) is 41.2 Å². The molecule has 0 spiro atoms. The Morgan fingerprint density at radius 2 is 1.86 bits per heavy atom. The maximum absolute atomic E-state index is 12.6. The number of aromatic amines is 1. The molecule has 1 aromatic carbocycles. The van der Waals surface area contributed by atoms with Crippen LogP contribution in [0.25, 0.3) is 0 Å². The molecule has 1 heterocycles. The third-order valence-electron chi connectivity index (χ3n) is 3.93. The molecule has 1 N–H and O–H groups in total. The largest absolute Gasteiger partial charge is 0.330 e. The van der Waals surface area contributed by atoms with Crippen LogP contribution in [0.4, 0.5) is 0 Å². The van der Waals surface area contributed by atoms with Gasteiger partial charge in [-0.05, 0) is 36.5 Å². The predicted molar refractivity (Wildman–Crippen MR) is 83.6 cm³/mol. The zero-order valence-electron chi connectivity index (χ0n) is 12.6. The second-order valence-corrected chi connectivity index (χ2v) is 5.64. The second kappa shape index (κ2) is 6.13. The number of hydrogen-bond donors (Lipinski definition) is 1. The van der Waals surface area contributed by atoms with E-state index in [0.29, 0.717) is 6.54 Å². The summed E-state index contributed by atoms with van der Waals surface area (Å²) in [5.74, 6) is -0.127. The standard InChI is InChI=1S/C17H19N3O2/c1-2-12-3-5-13(6-4-12)11-20(14-7-8-14)17(22)15-9-10-16(21)19-18-15/h3-6,9-10,14H,2,7-8,11H2,1H3,(H,19,21). The number of aryl methyl sites for hydroxylation is 1. The first-order chi connectivity index (χ1) is 10.7. The van der Waals surface area contributed by atoms with Crippen molar-refractivity contribution < 1.29 is 4.79 Å². The van der Waals surface area contributed by atoms with E-state index in [9.17, 15) is 9.59 Å². The van der Waals surface area contributed by atoms with Crippen LogP contribution in [0.1, 0.15) is 41.4 Å². The molecule has 1 fully saturated rings. The van der Waals surface area contributed by atoms with Gasteiger partial charge in [-0.1, -0.05) is 31.2 Å². The number of nitrogens with one attached hydrogen (secondary N) is 1. The highest BCUT2D eigenvalue weighted by Gasteiger charge is 2.33. The quantitative estimate of drug-likeness (QED) is 0.919. The van der Waals surface area contributed by atoms with Crippen molar-refractivity contribution in [2.75, 3.05) is 0 Å². The predicted octanol–water partition coefficient (Wildman–Crippen LogP) is 2.14. The van der Waals surface area contributed by atoms with Gasteiger partial charge in [0.15, 0.2) is 0 Å². The minimum absolute atomic E-state index is 0.127. The molecular weight excluding hydrogens is 278 g/mol. The first kappa shape index (κ1) is 14.5.